The number of fused-ring (bicyclic) bond motifs is 7. The quantitative estimate of drug-likeness (QED) is 0.170. The zero-order valence-electron chi connectivity index (χ0n) is 29.8. The Balaban J connectivity index is 1.20. The van der Waals surface area contributed by atoms with Crippen molar-refractivity contribution >= 4 is 81.3 Å². The molecule has 0 fully saturated rings. The molecule has 2 nitrogen and oxygen atoms in total. The molecular formula is C52H33NOS. The van der Waals surface area contributed by atoms with Gasteiger partial charge in [-0.3, -0.25) is 0 Å². The molecule has 258 valence electrons. The number of benzene rings is 9. The van der Waals surface area contributed by atoms with Gasteiger partial charge in [0.15, 0.2) is 0 Å². The highest BCUT2D eigenvalue weighted by Crippen LogP contribution is 2.48. The van der Waals surface area contributed by atoms with Gasteiger partial charge >= 0.3 is 0 Å². The van der Waals surface area contributed by atoms with Gasteiger partial charge in [0.25, 0.3) is 0 Å². The molecule has 0 bridgehead atoms. The molecule has 0 aliphatic rings. The number of nitrogens with zero attached hydrogens (tertiary/aromatic N) is 1. The first-order chi connectivity index (χ1) is 27.3. The Morgan fingerprint density at radius 1 is 0.382 bits per heavy atom. The minimum atomic E-state index is 0.886. The van der Waals surface area contributed by atoms with Crippen molar-refractivity contribution in [2.45, 2.75) is 0 Å². The molecule has 0 N–H and O–H groups in total. The lowest BCUT2D eigenvalue weighted by atomic mass is 9.89. The average molecular weight is 720 g/mol. The summed E-state index contributed by atoms with van der Waals surface area (Å²) in [6.45, 7) is 0. The predicted molar refractivity (Wildman–Crippen MR) is 235 cm³/mol. The largest absolute Gasteiger partial charge is 0.456 e. The van der Waals surface area contributed by atoms with Crippen LogP contribution in [-0.4, -0.2) is 0 Å². The second-order valence-corrected chi connectivity index (χ2v) is 15.1. The van der Waals surface area contributed by atoms with Crippen molar-refractivity contribution in [2.75, 3.05) is 4.90 Å². The monoisotopic (exact) mass is 719 g/mol. The Hall–Kier alpha value is -6.94. The molecule has 11 aromatic rings. The van der Waals surface area contributed by atoms with E-state index in [0.717, 1.165) is 50.1 Å². The standard InChI is InChI=1S/C52H33NOS/c1-2-13-34(14-3-1)35-27-29-37(30-28-35)53(47-23-11-22-44-42-18-7-9-26-50(42)55-52(44)47)38-31-32-41(40-20-10-16-36-15-4-5-17-39(36)40)46(33-38)43-21-12-25-49-51(43)45-19-6-8-24-48(45)54-49/h1-33H. The van der Waals surface area contributed by atoms with Crippen molar-refractivity contribution in [1.82, 2.24) is 0 Å². The van der Waals surface area contributed by atoms with E-state index < -0.39 is 0 Å². The first-order valence-electron chi connectivity index (χ1n) is 18.7. The molecule has 9 aromatic carbocycles. The highest BCUT2D eigenvalue weighted by Gasteiger charge is 2.22. The van der Waals surface area contributed by atoms with Gasteiger partial charge in [-0.2, -0.15) is 0 Å². The maximum Gasteiger partial charge on any atom is 0.136 e. The zero-order valence-corrected chi connectivity index (χ0v) is 30.6. The highest BCUT2D eigenvalue weighted by molar-refractivity contribution is 7.26. The number of para-hydroxylation sites is 1. The molecule has 0 spiro atoms. The van der Waals surface area contributed by atoms with Gasteiger partial charge < -0.3 is 9.32 Å². The molecule has 0 amide bonds. The number of hydrogen-bond donors (Lipinski definition) is 0. The van der Waals surface area contributed by atoms with E-state index in [1.165, 1.54) is 53.2 Å². The minimum absolute atomic E-state index is 0.886. The number of rotatable bonds is 6. The van der Waals surface area contributed by atoms with Crippen LogP contribution >= 0.6 is 11.3 Å². The predicted octanol–water partition coefficient (Wildman–Crippen LogP) is 15.6. The number of furan rings is 1. The lowest BCUT2D eigenvalue weighted by molar-refractivity contribution is 0.669. The lowest BCUT2D eigenvalue weighted by Gasteiger charge is -2.28. The Morgan fingerprint density at radius 3 is 1.91 bits per heavy atom. The van der Waals surface area contributed by atoms with Crippen molar-refractivity contribution in [3.8, 4) is 33.4 Å². The fourth-order valence-corrected chi connectivity index (χ4v) is 9.56. The van der Waals surface area contributed by atoms with Crippen LogP contribution in [0.4, 0.5) is 17.1 Å². The van der Waals surface area contributed by atoms with Gasteiger partial charge in [-0.05, 0) is 92.7 Å². The van der Waals surface area contributed by atoms with E-state index in [2.05, 4.69) is 199 Å². The van der Waals surface area contributed by atoms with E-state index in [9.17, 15) is 0 Å². The number of anilines is 3. The summed E-state index contributed by atoms with van der Waals surface area (Å²) in [5.74, 6) is 0. The van der Waals surface area contributed by atoms with Gasteiger partial charge in [0, 0.05) is 37.6 Å². The van der Waals surface area contributed by atoms with Crippen LogP contribution in [0.3, 0.4) is 0 Å². The van der Waals surface area contributed by atoms with E-state index in [-0.39, 0.29) is 0 Å². The van der Waals surface area contributed by atoms with Gasteiger partial charge in [0.1, 0.15) is 11.2 Å². The van der Waals surface area contributed by atoms with Crippen molar-refractivity contribution in [2.24, 2.45) is 0 Å². The Labute approximate surface area is 322 Å². The van der Waals surface area contributed by atoms with Gasteiger partial charge in [0.05, 0.1) is 10.4 Å². The van der Waals surface area contributed by atoms with Crippen LogP contribution in [0.25, 0.3) is 86.3 Å². The highest BCUT2D eigenvalue weighted by atomic mass is 32.1. The molecule has 11 rings (SSSR count). The van der Waals surface area contributed by atoms with E-state index in [1.807, 2.05) is 17.4 Å². The van der Waals surface area contributed by atoms with Gasteiger partial charge in [-0.15, -0.1) is 11.3 Å². The Kier molecular flexibility index (Phi) is 7.39. The third-order valence-corrected chi connectivity index (χ3v) is 12.1. The van der Waals surface area contributed by atoms with Crippen LogP contribution in [0, 0.1) is 0 Å². The lowest BCUT2D eigenvalue weighted by Crippen LogP contribution is -2.10. The molecule has 0 saturated carbocycles. The van der Waals surface area contributed by atoms with Crippen molar-refractivity contribution in [3.63, 3.8) is 0 Å². The molecular weight excluding hydrogens is 687 g/mol. The normalized spacial score (nSPS) is 11.6. The summed E-state index contributed by atoms with van der Waals surface area (Å²) in [6.07, 6.45) is 0. The van der Waals surface area contributed by atoms with Gasteiger partial charge in [0.2, 0.25) is 0 Å². The van der Waals surface area contributed by atoms with E-state index >= 15 is 0 Å². The summed E-state index contributed by atoms with van der Waals surface area (Å²) in [4.78, 5) is 2.44. The molecule has 55 heavy (non-hydrogen) atoms. The molecule has 2 heterocycles. The van der Waals surface area contributed by atoms with Crippen LogP contribution in [0.5, 0.6) is 0 Å². The van der Waals surface area contributed by atoms with E-state index in [4.69, 9.17) is 4.42 Å². The second kappa shape index (κ2) is 12.9. The van der Waals surface area contributed by atoms with Crippen molar-refractivity contribution in [3.05, 3.63) is 200 Å². The number of thiophene rings is 1. The number of hydrogen-bond acceptors (Lipinski definition) is 3. The molecule has 0 atom stereocenters. The first kappa shape index (κ1) is 31.6. The first-order valence-corrected chi connectivity index (χ1v) is 19.5. The van der Waals surface area contributed by atoms with E-state index in [1.54, 1.807) is 0 Å². The average Bonchev–Trinajstić information content (AvgIpc) is 3.83. The smallest absolute Gasteiger partial charge is 0.136 e. The molecule has 0 saturated heterocycles. The topological polar surface area (TPSA) is 16.4 Å². The van der Waals surface area contributed by atoms with Gasteiger partial charge in [-0.1, -0.05) is 152 Å². The summed E-state index contributed by atoms with van der Waals surface area (Å²) < 4.78 is 9.01. The summed E-state index contributed by atoms with van der Waals surface area (Å²) in [6, 6.07) is 72.3. The molecule has 3 heteroatoms. The third-order valence-electron chi connectivity index (χ3n) is 10.9. The maximum atomic E-state index is 6.46. The Morgan fingerprint density at radius 2 is 1.02 bits per heavy atom. The molecule has 0 aliphatic heterocycles. The second-order valence-electron chi connectivity index (χ2n) is 14.0. The van der Waals surface area contributed by atoms with Gasteiger partial charge in [-0.25, -0.2) is 0 Å². The zero-order chi connectivity index (χ0) is 36.3. The van der Waals surface area contributed by atoms with Crippen molar-refractivity contribution in [1.29, 1.82) is 0 Å². The summed E-state index contributed by atoms with van der Waals surface area (Å²) in [7, 11) is 0. The van der Waals surface area contributed by atoms with Crippen molar-refractivity contribution < 1.29 is 4.42 Å². The van der Waals surface area contributed by atoms with E-state index in [0.29, 0.717) is 0 Å². The van der Waals surface area contributed by atoms with Crippen LogP contribution in [-0.2, 0) is 0 Å². The molecule has 0 aliphatic carbocycles. The summed E-state index contributed by atoms with van der Waals surface area (Å²) in [5, 5.41) is 7.25. The van der Waals surface area contributed by atoms with Crippen LogP contribution in [0.1, 0.15) is 0 Å². The molecule has 2 aromatic heterocycles. The fraction of sp³-hybridized carbons (Fsp3) is 0. The molecule has 0 radical (unpaired) electrons. The third kappa shape index (κ3) is 5.24. The SMILES string of the molecule is c1ccc(-c2ccc(N(c3ccc(-c4cccc5ccccc45)c(-c4cccc5oc6ccccc6c45)c3)c3cccc4c3sc3ccccc34)cc2)cc1. The Bertz CT molecular complexity index is 3200. The summed E-state index contributed by atoms with van der Waals surface area (Å²) >= 11 is 1.86. The minimum Gasteiger partial charge on any atom is -0.456 e. The van der Waals surface area contributed by atoms with Crippen LogP contribution < -0.4 is 4.90 Å². The summed E-state index contributed by atoms with van der Waals surface area (Å²) in [5.41, 5.74) is 12.2. The van der Waals surface area contributed by atoms with Crippen LogP contribution in [0.2, 0.25) is 0 Å². The maximum absolute atomic E-state index is 6.46. The molecule has 0 unspecified atom stereocenters. The van der Waals surface area contributed by atoms with Crippen LogP contribution in [0.15, 0.2) is 205 Å². The fourth-order valence-electron chi connectivity index (χ4n) is 8.36.